The van der Waals surface area contributed by atoms with Crippen molar-refractivity contribution < 1.29 is 42.3 Å². The van der Waals surface area contributed by atoms with E-state index in [1.165, 1.54) is 75.6 Å². The van der Waals surface area contributed by atoms with Crippen LogP contribution in [0.4, 0.5) is 18.9 Å². The third-order valence-corrected chi connectivity index (χ3v) is 18.4. The van der Waals surface area contributed by atoms with Crippen LogP contribution in [0.1, 0.15) is 57.0 Å². The molecule has 9 aromatic rings. The van der Waals surface area contributed by atoms with Gasteiger partial charge in [0.1, 0.15) is 0 Å². The molecule has 0 spiro atoms. The molecule has 4 heterocycles. The Bertz CT molecular complexity index is 3340. The van der Waals surface area contributed by atoms with Crippen LogP contribution >= 0.6 is 93.0 Å². The van der Waals surface area contributed by atoms with Crippen molar-refractivity contribution in [3.05, 3.63) is 126 Å². The predicted octanol–water partition coefficient (Wildman–Crippen LogP) is 13.9. The molecular weight excluding hydrogens is 1120 g/mol. The topological polar surface area (TPSA) is 179 Å². The van der Waals surface area contributed by atoms with E-state index in [9.17, 15) is 37.1 Å². The van der Waals surface area contributed by atoms with Gasteiger partial charge in [0, 0.05) is 76.8 Å². The number of aromatic nitrogens is 4. The van der Waals surface area contributed by atoms with Crippen molar-refractivity contribution >= 4 is 169 Å². The number of alkyl halides is 3. The monoisotopic (exact) mass is 1170 g/mol. The number of thioether (sulfide) groups is 1. The summed E-state index contributed by atoms with van der Waals surface area (Å²) in [5.41, 5.74) is 3.28. The van der Waals surface area contributed by atoms with Crippen molar-refractivity contribution in [2.24, 2.45) is 0 Å². The van der Waals surface area contributed by atoms with Gasteiger partial charge < -0.3 is 10.4 Å². The first kappa shape index (κ1) is 58.5. The number of nitrogens with zero attached hydrogens (tertiary/aromatic N) is 7. The highest BCUT2D eigenvalue weighted by molar-refractivity contribution is 8.03. The van der Waals surface area contributed by atoms with Crippen LogP contribution in [0.25, 0.3) is 40.9 Å². The molecule has 0 aliphatic rings. The van der Waals surface area contributed by atoms with E-state index >= 15 is 0 Å². The number of aromatic carboxylic acids is 1. The third kappa shape index (κ3) is 17.4. The lowest BCUT2D eigenvalue weighted by Gasteiger charge is -2.17. The number of carbonyl (C=O) groups is 5. The normalized spacial score (nSPS) is 10.9. The first-order chi connectivity index (χ1) is 35.8. The molecule has 4 amide bonds. The standard InChI is InChI=1S/C15H12N2OS2.C13H14N2O3S2.C12H11F3N2OS2.C10H10N2OS2/c1-11(18)17(12-7-3-2-4-8-12)20-15-16-13-9-5-6-10-14(13)19-15;1-2-5-14-11(16)7-19-13-15-9-6-8(12(17)18)3-4-10(9)20-13;1-3-17(7(2)18)20-11-16-9-6-8(12(13,14)15)4-5-10(9)19-11;1-7(13)12(2)15-10-11-8-5-3-4-6-9(8)14-10/h2-10H,1H3;3-4,6H,2,5,7H2,1H3,(H,14,16)(H,17,18);4-6H,3H2,1-2H3;3-6H,1-2H3. The summed E-state index contributed by atoms with van der Waals surface area (Å²) in [5, 5.41) is 11.7. The summed E-state index contributed by atoms with van der Waals surface area (Å²) < 4.78 is 49.5. The molecule has 9 rings (SSSR count). The second-order valence-corrected chi connectivity index (χ2v) is 24.5. The molecule has 75 heavy (non-hydrogen) atoms. The number of thiazole rings is 4. The number of nitrogens with one attached hydrogen (secondary N) is 1. The summed E-state index contributed by atoms with van der Waals surface area (Å²) >= 11 is 11.2. The number of carbonyl (C=O) groups excluding carboxylic acids is 4. The Kier molecular flexibility index (Phi) is 21.7. The molecule has 5 aromatic carbocycles. The van der Waals surface area contributed by atoms with Crippen molar-refractivity contribution in [1.82, 2.24) is 33.9 Å². The molecule has 4 aromatic heterocycles. The molecule has 0 saturated carbocycles. The molecule has 0 aliphatic carbocycles. The Morgan fingerprint density at radius 1 is 0.600 bits per heavy atom. The molecule has 0 saturated heterocycles. The second-order valence-electron chi connectivity index (χ2n) is 15.3. The lowest BCUT2D eigenvalue weighted by atomic mass is 10.2. The first-order valence-electron chi connectivity index (χ1n) is 22.5. The SMILES string of the molecule is CC(=O)N(C)Sc1nc2ccccc2s1.CC(=O)N(Sc1nc2ccccc2s1)c1ccccc1.CCCNC(=O)CSc1nc2cc(C(=O)O)ccc2s1.CCN(Sc1nc2cc(C(F)(F)F)ccc2s1)C(C)=O. The molecular formula is C50H47F3N8O6S8. The number of fused-ring (bicyclic) bond motifs is 4. The Hall–Kier alpha value is -5.80. The Morgan fingerprint density at radius 2 is 1.11 bits per heavy atom. The molecule has 0 aliphatic heterocycles. The van der Waals surface area contributed by atoms with Gasteiger partial charge in [-0.2, -0.15) is 13.2 Å². The molecule has 25 heteroatoms. The van der Waals surface area contributed by atoms with Gasteiger partial charge in [-0.3, -0.25) is 27.8 Å². The zero-order chi connectivity index (χ0) is 54.2. The Balaban J connectivity index is 0.000000163. The van der Waals surface area contributed by atoms with Crippen LogP contribution in [0.15, 0.2) is 133 Å². The maximum Gasteiger partial charge on any atom is 0.416 e. The van der Waals surface area contributed by atoms with E-state index < -0.39 is 17.7 Å². The van der Waals surface area contributed by atoms with Crippen molar-refractivity contribution in [1.29, 1.82) is 0 Å². The summed E-state index contributed by atoms with van der Waals surface area (Å²) in [7, 11) is 1.75. The van der Waals surface area contributed by atoms with E-state index in [1.54, 1.807) is 70.4 Å². The van der Waals surface area contributed by atoms with E-state index in [0.29, 0.717) is 38.9 Å². The molecule has 392 valence electrons. The van der Waals surface area contributed by atoms with Crippen molar-refractivity contribution in [2.75, 3.05) is 30.2 Å². The fourth-order valence-corrected chi connectivity index (χ4v) is 13.8. The third-order valence-electron chi connectivity index (χ3n) is 9.69. The summed E-state index contributed by atoms with van der Waals surface area (Å²) in [5.74, 6) is -0.756. The van der Waals surface area contributed by atoms with Gasteiger partial charge in [-0.1, -0.05) is 61.2 Å². The number of anilines is 1. The van der Waals surface area contributed by atoms with Crippen LogP contribution in [-0.2, 0) is 25.4 Å². The molecule has 0 radical (unpaired) electrons. The summed E-state index contributed by atoms with van der Waals surface area (Å²) in [6.07, 6.45) is -3.46. The molecule has 0 atom stereocenters. The number of rotatable bonds is 14. The fraction of sp³-hybridized carbons (Fsp3) is 0.220. The Labute approximate surface area is 463 Å². The van der Waals surface area contributed by atoms with E-state index in [4.69, 9.17) is 5.11 Å². The second kappa shape index (κ2) is 27.8. The highest BCUT2D eigenvalue weighted by Gasteiger charge is 2.31. The Morgan fingerprint density at radius 3 is 1.64 bits per heavy atom. The number of hydrogen-bond acceptors (Lipinski definition) is 17. The number of benzene rings is 5. The fourth-order valence-electron chi connectivity index (χ4n) is 6.01. The molecule has 0 unspecified atom stereocenters. The number of amides is 4. The highest BCUT2D eigenvalue weighted by atomic mass is 32.2. The number of halogens is 3. The van der Waals surface area contributed by atoms with Gasteiger partial charge in [0.25, 0.3) is 0 Å². The molecule has 14 nitrogen and oxygen atoms in total. The summed E-state index contributed by atoms with van der Waals surface area (Å²) in [6, 6.07) is 33.9. The highest BCUT2D eigenvalue weighted by Crippen LogP contribution is 2.37. The van der Waals surface area contributed by atoms with Gasteiger partial charge in [0.05, 0.1) is 63.4 Å². The largest absolute Gasteiger partial charge is 0.478 e. The molecule has 2 N–H and O–H groups in total. The van der Waals surface area contributed by atoms with Gasteiger partial charge in [-0.25, -0.2) is 29.0 Å². The smallest absolute Gasteiger partial charge is 0.416 e. The lowest BCUT2D eigenvalue weighted by molar-refractivity contribution is -0.137. The van der Waals surface area contributed by atoms with Gasteiger partial charge in [0.2, 0.25) is 23.6 Å². The maximum absolute atomic E-state index is 12.6. The van der Waals surface area contributed by atoms with Crippen molar-refractivity contribution in [2.45, 2.75) is 64.6 Å². The zero-order valence-corrected chi connectivity index (χ0v) is 47.3. The minimum absolute atomic E-state index is 0.0117. The van der Waals surface area contributed by atoms with E-state index in [2.05, 4.69) is 25.3 Å². The van der Waals surface area contributed by atoms with Crippen molar-refractivity contribution in [3.8, 4) is 0 Å². The van der Waals surface area contributed by atoms with Gasteiger partial charge in [0.15, 0.2) is 17.4 Å². The molecule has 0 fully saturated rings. The van der Waals surface area contributed by atoms with E-state index in [0.717, 1.165) is 74.3 Å². The van der Waals surface area contributed by atoms with E-state index in [1.807, 2.05) is 92.7 Å². The predicted molar refractivity (Wildman–Crippen MR) is 303 cm³/mol. The van der Waals surface area contributed by atoms with Crippen LogP contribution < -0.4 is 9.62 Å². The van der Waals surface area contributed by atoms with Gasteiger partial charge >= 0.3 is 12.1 Å². The minimum Gasteiger partial charge on any atom is -0.478 e. The van der Waals surface area contributed by atoms with E-state index in [-0.39, 0.29) is 29.2 Å². The number of para-hydroxylation sites is 3. The quantitative estimate of drug-likeness (QED) is 0.0776. The average molecular weight is 1170 g/mol. The van der Waals surface area contributed by atoms with Crippen LogP contribution in [0.5, 0.6) is 0 Å². The van der Waals surface area contributed by atoms with Crippen LogP contribution in [0.3, 0.4) is 0 Å². The summed E-state index contributed by atoms with van der Waals surface area (Å²) in [6.45, 7) is 9.55. The van der Waals surface area contributed by atoms with Crippen LogP contribution in [0, 0.1) is 0 Å². The summed E-state index contributed by atoms with van der Waals surface area (Å²) in [4.78, 5) is 74.1. The van der Waals surface area contributed by atoms with Crippen molar-refractivity contribution in [3.63, 3.8) is 0 Å². The van der Waals surface area contributed by atoms with Crippen LogP contribution in [-0.4, -0.2) is 89.1 Å². The van der Waals surface area contributed by atoms with Gasteiger partial charge in [-0.15, -0.1) is 45.3 Å². The maximum atomic E-state index is 12.6. The zero-order valence-electron chi connectivity index (χ0n) is 40.8. The average Bonchev–Trinajstić information content (AvgIpc) is 4.20. The minimum atomic E-state index is -4.38. The van der Waals surface area contributed by atoms with Crippen LogP contribution in [0.2, 0.25) is 0 Å². The lowest BCUT2D eigenvalue weighted by Crippen LogP contribution is -2.25. The number of carboxylic acid groups (broad SMARTS) is 1. The van der Waals surface area contributed by atoms with Gasteiger partial charge in [-0.05, 0) is 86.1 Å². The number of hydrogen-bond donors (Lipinski definition) is 2. The first-order valence-corrected chi connectivity index (χ1v) is 29.0. The number of carboxylic acids is 1. The molecule has 0 bridgehead atoms.